The monoisotopic (exact) mass is 99.1 g/mol. The zero-order valence-corrected chi connectivity index (χ0v) is 4.62. The molecule has 0 aromatic rings. The summed E-state index contributed by atoms with van der Waals surface area (Å²) in [7, 11) is 1.61. The molecule has 0 spiro atoms. The van der Waals surface area contributed by atoms with Crippen LogP contribution in [0, 0.1) is 6.42 Å². The van der Waals surface area contributed by atoms with Gasteiger partial charge in [-0.1, -0.05) is 6.92 Å². The molecule has 2 heteroatoms. The molecule has 1 N–H and O–H groups in total. The van der Waals surface area contributed by atoms with Crippen LogP contribution in [0.25, 0.3) is 0 Å². The fraction of sp³-hybridized carbons (Fsp3) is 0.600. The zero-order chi connectivity index (χ0) is 5.70. The van der Waals surface area contributed by atoms with Crippen LogP contribution in [-0.4, -0.2) is 13.0 Å². The van der Waals surface area contributed by atoms with Gasteiger partial charge in [0.1, 0.15) is 0 Å². The first-order valence-corrected chi connectivity index (χ1v) is 2.16. The van der Waals surface area contributed by atoms with Gasteiger partial charge in [-0.3, -0.25) is 4.79 Å². The van der Waals surface area contributed by atoms with Crippen LogP contribution in [0.3, 0.4) is 0 Å². The van der Waals surface area contributed by atoms with E-state index in [0.29, 0.717) is 6.42 Å². The molecule has 0 unspecified atom stereocenters. The Hall–Kier alpha value is -0.530. The lowest BCUT2D eigenvalue weighted by molar-refractivity contribution is -0.120. The maximum atomic E-state index is 10.2. The quantitative estimate of drug-likeness (QED) is 0.527. The van der Waals surface area contributed by atoms with Crippen LogP contribution in [0.2, 0.25) is 0 Å². The standard InChI is InChI=1S/C5H9NO/c1-3-4-5(7)6-2/h4H2,1-2H3,(H,6,7). The number of amides is 1. The van der Waals surface area contributed by atoms with Crippen molar-refractivity contribution in [2.45, 2.75) is 13.3 Å². The van der Waals surface area contributed by atoms with Gasteiger partial charge in [0.05, 0.1) is 0 Å². The van der Waals surface area contributed by atoms with Gasteiger partial charge < -0.3 is 5.32 Å². The Balaban J connectivity index is 3.00. The number of rotatable bonds is 2. The van der Waals surface area contributed by atoms with Gasteiger partial charge in [-0.15, -0.1) is 0 Å². The van der Waals surface area contributed by atoms with Crippen molar-refractivity contribution in [1.29, 1.82) is 0 Å². The SMILES string of the molecule is C[C]CC(=O)NC. The van der Waals surface area contributed by atoms with E-state index in [0.717, 1.165) is 0 Å². The molecule has 2 nitrogen and oxygen atoms in total. The van der Waals surface area contributed by atoms with Gasteiger partial charge in [-0.25, -0.2) is 0 Å². The van der Waals surface area contributed by atoms with Crippen LogP contribution in [-0.2, 0) is 4.79 Å². The fourth-order valence-electron chi connectivity index (χ4n) is 0.249. The van der Waals surface area contributed by atoms with Crippen molar-refractivity contribution in [1.82, 2.24) is 5.32 Å². The third kappa shape index (κ3) is 3.30. The zero-order valence-electron chi connectivity index (χ0n) is 4.62. The Kier molecular flexibility index (Phi) is 3.38. The first-order valence-electron chi connectivity index (χ1n) is 2.16. The summed E-state index contributed by atoms with van der Waals surface area (Å²) < 4.78 is 0. The molecule has 0 saturated heterocycles. The topological polar surface area (TPSA) is 29.1 Å². The number of carbonyl (C=O) groups excluding carboxylic acids is 1. The minimum Gasteiger partial charge on any atom is -0.359 e. The molecule has 0 aromatic carbocycles. The van der Waals surface area contributed by atoms with Crippen LogP contribution >= 0.6 is 0 Å². The van der Waals surface area contributed by atoms with Gasteiger partial charge in [-0.2, -0.15) is 0 Å². The van der Waals surface area contributed by atoms with Crippen molar-refractivity contribution in [3.8, 4) is 0 Å². The molecule has 0 aliphatic heterocycles. The van der Waals surface area contributed by atoms with E-state index >= 15 is 0 Å². The molecule has 7 heavy (non-hydrogen) atoms. The summed E-state index contributed by atoms with van der Waals surface area (Å²) in [6.45, 7) is 1.73. The van der Waals surface area contributed by atoms with Crippen molar-refractivity contribution in [2.75, 3.05) is 7.05 Å². The van der Waals surface area contributed by atoms with Crippen molar-refractivity contribution >= 4 is 5.91 Å². The summed E-state index contributed by atoms with van der Waals surface area (Å²) >= 11 is 0. The lowest BCUT2D eigenvalue weighted by atomic mass is 10.3. The highest BCUT2D eigenvalue weighted by molar-refractivity contribution is 5.76. The van der Waals surface area contributed by atoms with Gasteiger partial charge in [0, 0.05) is 13.5 Å². The van der Waals surface area contributed by atoms with Crippen LogP contribution in [0.4, 0.5) is 0 Å². The first kappa shape index (κ1) is 6.47. The molecule has 40 valence electrons. The predicted octanol–water partition coefficient (Wildman–Crippen LogP) is 0.224. The summed E-state index contributed by atoms with van der Waals surface area (Å²) in [5, 5.41) is 2.46. The second-order valence-electron chi connectivity index (χ2n) is 1.20. The summed E-state index contributed by atoms with van der Waals surface area (Å²) in [6.07, 6.45) is 3.11. The Morgan fingerprint density at radius 2 is 2.43 bits per heavy atom. The molecule has 0 heterocycles. The van der Waals surface area contributed by atoms with Crippen LogP contribution in [0.15, 0.2) is 0 Å². The Bertz CT molecular complexity index is 61.1. The Morgan fingerprint density at radius 1 is 1.86 bits per heavy atom. The highest BCUT2D eigenvalue weighted by Crippen LogP contribution is 1.80. The van der Waals surface area contributed by atoms with Crippen molar-refractivity contribution in [2.24, 2.45) is 0 Å². The van der Waals surface area contributed by atoms with E-state index in [1.807, 2.05) is 0 Å². The molecule has 0 saturated carbocycles. The van der Waals surface area contributed by atoms with E-state index in [1.54, 1.807) is 14.0 Å². The van der Waals surface area contributed by atoms with Gasteiger partial charge in [0.2, 0.25) is 5.91 Å². The molecule has 0 rings (SSSR count). The molecule has 0 aliphatic carbocycles. The van der Waals surface area contributed by atoms with E-state index in [-0.39, 0.29) is 5.91 Å². The summed E-state index contributed by atoms with van der Waals surface area (Å²) in [5.41, 5.74) is 0. The second-order valence-corrected chi connectivity index (χ2v) is 1.20. The van der Waals surface area contributed by atoms with Crippen LogP contribution in [0.5, 0.6) is 0 Å². The lowest BCUT2D eigenvalue weighted by Crippen LogP contribution is -2.16. The van der Waals surface area contributed by atoms with Crippen molar-refractivity contribution < 1.29 is 4.79 Å². The maximum absolute atomic E-state index is 10.2. The van der Waals surface area contributed by atoms with E-state index in [4.69, 9.17) is 0 Å². The molecule has 0 bridgehead atoms. The van der Waals surface area contributed by atoms with Crippen LogP contribution in [0.1, 0.15) is 13.3 Å². The third-order valence-corrected chi connectivity index (χ3v) is 0.616. The van der Waals surface area contributed by atoms with E-state index in [2.05, 4.69) is 11.7 Å². The maximum Gasteiger partial charge on any atom is 0.220 e. The molecule has 0 atom stereocenters. The average molecular weight is 99.1 g/mol. The number of hydrogen-bond donors (Lipinski definition) is 1. The van der Waals surface area contributed by atoms with Crippen LogP contribution < -0.4 is 5.32 Å². The first-order chi connectivity index (χ1) is 3.31. The Labute approximate surface area is 43.9 Å². The molecular weight excluding hydrogens is 90.1 g/mol. The largest absolute Gasteiger partial charge is 0.359 e. The van der Waals surface area contributed by atoms with E-state index in [1.165, 1.54) is 0 Å². The fourth-order valence-corrected chi connectivity index (χ4v) is 0.249. The lowest BCUT2D eigenvalue weighted by Gasteiger charge is -1.90. The minimum atomic E-state index is 0.0162. The minimum absolute atomic E-state index is 0.0162. The molecule has 0 aromatic heterocycles. The highest BCUT2D eigenvalue weighted by atomic mass is 16.1. The Morgan fingerprint density at radius 3 is 2.57 bits per heavy atom. The normalized spacial score (nSPS) is 8.29. The summed E-state index contributed by atoms with van der Waals surface area (Å²) in [6, 6.07) is 0. The van der Waals surface area contributed by atoms with E-state index in [9.17, 15) is 4.79 Å². The second kappa shape index (κ2) is 3.65. The van der Waals surface area contributed by atoms with Gasteiger partial charge >= 0.3 is 0 Å². The molecule has 0 aliphatic rings. The van der Waals surface area contributed by atoms with Crippen molar-refractivity contribution in [3.63, 3.8) is 0 Å². The molecule has 0 fully saturated rings. The number of carbonyl (C=O) groups is 1. The van der Waals surface area contributed by atoms with Crippen molar-refractivity contribution in [3.05, 3.63) is 6.42 Å². The van der Waals surface area contributed by atoms with Gasteiger partial charge in [-0.05, 0) is 6.42 Å². The molecular formula is C5H9NO. The smallest absolute Gasteiger partial charge is 0.220 e. The number of nitrogens with one attached hydrogen (secondary N) is 1. The number of hydrogen-bond acceptors (Lipinski definition) is 1. The average Bonchev–Trinajstić information content (AvgIpc) is 1.68. The summed E-state index contributed by atoms with van der Waals surface area (Å²) in [4.78, 5) is 10.2. The predicted molar refractivity (Wildman–Crippen MR) is 27.6 cm³/mol. The van der Waals surface area contributed by atoms with E-state index < -0.39 is 0 Å². The highest BCUT2D eigenvalue weighted by Gasteiger charge is 1.90. The van der Waals surface area contributed by atoms with Gasteiger partial charge in [0.25, 0.3) is 0 Å². The molecule has 1 amide bonds. The summed E-state index contributed by atoms with van der Waals surface area (Å²) in [5.74, 6) is 0.0162. The third-order valence-electron chi connectivity index (χ3n) is 0.616. The van der Waals surface area contributed by atoms with Gasteiger partial charge in [0.15, 0.2) is 0 Å². The molecule has 2 radical (unpaired) electrons.